The van der Waals surface area contributed by atoms with Gasteiger partial charge in [0, 0.05) is 6.54 Å². The van der Waals surface area contributed by atoms with E-state index in [1.807, 2.05) is 0 Å². The van der Waals surface area contributed by atoms with Crippen molar-refractivity contribution in [3.63, 3.8) is 0 Å². The number of carbonyl (C=O) groups excluding carboxylic acids is 1. The Balaban J connectivity index is 2.34. The maximum atomic E-state index is 11.9. The van der Waals surface area contributed by atoms with E-state index in [0.29, 0.717) is 12.3 Å². The minimum atomic E-state index is 0.143. The molecule has 2 heteroatoms. The molecule has 0 saturated carbocycles. The van der Waals surface area contributed by atoms with Crippen LogP contribution in [-0.2, 0) is 17.6 Å². The Bertz CT molecular complexity index is 383. The fraction of sp³-hybridized carbons (Fsp3) is 0.611. The van der Waals surface area contributed by atoms with Crippen molar-refractivity contribution in [2.75, 3.05) is 6.54 Å². The van der Waals surface area contributed by atoms with Gasteiger partial charge in [0.25, 0.3) is 0 Å². The van der Waals surface area contributed by atoms with E-state index >= 15 is 0 Å². The zero-order valence-electron chi connectivity index (χ0n) is 13.2. The molecule has 0 aromatic heterocycles. The lowest BCUT2D eigenvalue weighted by Gasteiger charge is -2.15. The van der Waals surface area contributed by atoms with Crippen molar-refractivity contribution in [3.05, 3.63) is 35.4 Å². The summed E-state index contributed by atoms with van der Waals surface area (Å²) in [6.07, 6.45) is 6.39. The molecular weight excluding hydrogens is 246 g/mol. The van der Waals surface area contributed by atoms with E-state index in [9.17, 15) is 4.79 Å². The van der Waals surface area contributed by atoms with Crippen molar-refractivity contribution in [1.82, 2.24) is 5.32 Å². The van der Waals surface area contributed by atoms with E-state index in [2.05, 4.69) is 50.4 Å². The van der Waals surface area contributed by atoms with Gasteiger partial charge in [-0.2, -0.15) is 0 Å². The smallest absolute Gasteiger partial charge is 0.224 e. The van der Waals surface area contributed by atoms with Crippen molar-refractivity contribution in [2.24, 2.45) is 5.92 Å². The summed E-state index contributed by atoms with van der Waals surface area (Å²) in [6.45, 7) is 7.38. The first-order chi connectivity index (χ1) is 9.69. The predicted octanol–water partition coefficient (Wildman–Crippen LogP) is 4.12. The van der Waals surface area contributed by atoms with Crippen LogP contribution in [0.4, 0.5) is 0 Å². The van der Waals surface area contributed by atoms with Gasteiger partial charge in [0.1, 0.15) is 0 Å². The molecule has 0 aliphatic rings. The van der Waals surface area contributed by atoms with Crippen LogP contribution in [-0.4, -0.2) is 12.5 Å². The Hall–Kier alpha value is -1.31. The van der Waals surface area contributed by atoms with Crippen LogP contribution in [0.5, 0.6) is 0 Å². The molecule has 20 heavy (non-hydrogen) atoms. The largest absolute Gasteiger partial charge is 0.356 e. The van der Waals surface area contributed by atoms with Crippen molar-refractivity contribution < 1.29 is 4.79 Å². The maximum absolute atomic E-state index is 11.9. The van der Waals surface area contributed by atoms with E-state index in [-0.39, 0.29) is 5.91 Å². The molecule has 0 saturated heterocycles. The third-order valence-corrected chi connectivity index (χ3v) is 3.93. The van der Waals surface area contributed by atoms with Gasteiger partial charge in [-0.15, -0.1) is 0 Å². The zero-order chi connectivity index (χ0) is 14.8. The molecule has 0 heterocycles. The van der Waals surface area contributed by atoms with Crippen LogP contribution in [0.1, 0.15) is 57.6 Å². The molecule has 1 amide bonds. The van der Waals surface area contributed by atoms with E-state index in [1.54, 1.807) is 0 Å². The summed E-state index contributed by atoms with van der Waals surface area (Å²) in [5, 5.41) is 3.08. The minimum Gasteiger partial charge on any atom is -0.356 e. The van der Waals surface area contributed by atoms with Crippen LogP contribution in [0, 0.1) is 5.92 Å². The highest BCUT2D eigenvalue weighted by atomic mass is 16.1. The number of aryl methyl sites for hydroxylation is 1. The molecule has 0 aliphatic carbocycles. The van der Waals surface area contributed by atoms with Gasteiger partial charge in [-0.3, -0.25) is 4.79 Å². The molecule has 0 spiro atoms. The Morgan fingerprint density at radius 3 is 2.30 bits per heavy atom. The molecule has 1 aromatic carbocycles. The monoisotopic (exact) mass is 275 g/mol. The van der Waals surface area contributed by atoms with Crippen LogP contribution < -0.4 is 5.32 Å². The number of nitrogens with one attached hydrogen (secondary N) is 1. The summed E-state index contributed by atoms with van der Waals surface area (Å²) in [5.41, 5.74) is 2.42. The highest BCUT2D eigenvalue weighted by molar-refractivity contribution is 5.78. The van der Waals surface area contributed by atoms with E-state index < -0.39 is 0 Å². The van der Waals surface area contributed by atoms with Crippen LogP contribution in [0.3, 0.4) is 0 Å². The standard InChI is InChI=1S/C18H29NO/c1-4-7-8-16(6-3)14-19-18(20)13-17-11-9-15(5-2)10-12-17/h9-12,16H,4-8,13-14H2,1-3H3,(H,19,20)/t16-/m1/s1. The van der Waals surface area contributed by atoms with Crippen molar-refractivity contribution >= 4 is 5.91 Å². The fourth-order valence-electron chi connectivity index (χ4n) is 2.34. The summed E-state index contributed by atoms with van der Waals surface area (Å²) in [6, 6.07) is 8.34. The number of rotatable bonds is 9. The molecule has 112 valence electrons. The molecular formula is C18H29NO. The highest BCUT2D eigenvalue weighted by Gasteiger charge is 2.08. The van der Waals surface area contributed by atoms with Gasteiger partial charge in [0.05, 0.1) is 6.42 Å². The van der Waals surface area contributed by atoms with Crippen molar-refractivity contribution in [2.45, 2.75) is 59.3 Å². The molecule has 0 unspecified atom stereocenters. The molecule has 0 radical (unpaired) electrons. The van der Waals surface area contributed by atoms with Gasteiger partial charge >= 0.3 is 0 Å². The third kappa shape index (κ3) is 6.23. The van der Waals surface area contributed by atoms with Gasteiger partial charge < -0.3 is 5.32 Å². The first-order valence-electron chi connectivity index (χ1n) is 8.04. The van der Waals surface area contributed by atoms with Crippen molar-refractivity contribution in [1.29, 1.82) is 0 Å². The average Bonchev–Trinajstić information content (AvgIpc) is 2.48. The lowest BCUT2D eigenvalue weighted by molar-refractivity contribution is -0.120. The summed E-state index contributed by atoms with van der Waals surface area (Å²) >= 11 is 0. The molecule has 1 N–H and O–H groups in total. The van der Waals surface area contributed by atoms with Gasteiger partial charge in [-0.1, -0.05) is 64.3 Å². The Kier molecular flexibility index (Phi) is 8.01. The fourth-order valence-corrected chi connectivity index (χ4v) is 2.34. The number of benzene rings is 1. The number of hydrogen-bond acceptors (Lipinski definition) is 1. The predicted molar refractivity (Wildman–Crippen MR) is 85.8 cm³/mol. The highest BCUT2D eigenvalue weighted by Crippen LogP contribution is 2.11. The van der Waals surface area contributed by atoms with Crippen LogP contribution in [0.25, 0.3) is 0 Å². The molecule has 0 fully saturated rings. The van der Waals surface area contributed by atoms with E-state index in [1.165, 1.54) is 24.8 Å². The zero-order valence-corrected chi connectivity index (χ0v) is 13.2. The maximum Gasteiger partial charge on any atom is 0.224 e. The topological polar surface area (TPSA) is 29.1 Å². The summed E-state index contributed by atoms with van der Waals surface area (Å²) in [5.74, 6) is 0.769. The van der Waals surface area contributed by atoms with Crippen LogP contribution in [0.15, 0.2) is 24.3 Å². The Morgan fingerprint density at radius 1 is 1.10 bits per heavy atom. The minimum absolute atomic E-state index is 0.143. The number of unbranched alkanes of at least 4 members (excludes halogenated alkanes) is 1. The lowest BCUT2D eigenvalue weighted by Crippen LogP contribution is -2.30. The summed E-state index contributed by atoms with van der Waals surface area (Å²) < 4.78 is 0. The Morgan fingerprint density at radius 2 is 1.75 bits per heavy atom. The van der Waals surface area contributed by atoms with Gasteiger partial charge in [0.2, 0.25) is 5.91 Å². The second kappa shape index (κ2) is 9.57. The number of amides is 1. The van der Waals surface area contributed by atoms with Crippen LogP contribution in [0.2, 0.25) is 0 Å². The summed E-state index contributed by atoms with van der Waals surface area (Å²) in [7, 11) is 0. The van der Waals surface area contributed by atoms with Crippen molar-refractivity contribution in [3.8, 4) is 0 Å². The van der Waals surface area contributed by atoms with Gasteiger partial charge in [0.15, 0.2) is 0 Å². The number of hydrogen-bond donors (Lipinski definition) is 1. The first kappa shape index (κ1) is 16.7. The lowest BCUT2D eigenvalue weighted by atomic mass is 9.99. The third-order valence-electron chi connectivity index (χ3n) is 3.93. The summed E-state index contributed by atoms with van der Waals surface area (Å²) in [4.78, 5) is 11.9. The Labute approximate surface area is 124 Å². The molecule has 0 bridgehead atoms. The molecule has 0 aliphatic heterocycles. The molecule has 1 aromatic rings. The number of carbonyl (C=O) groups is 1. The second-order valence-electron chi connectivity index (χ2n) is 5.57. The van der Waals surface area contributed by atoms with E-state index in [4.69, 9.17) is 0 Å². The first-order valence-corrected chi connectivity index (χ1v) is 8.04. The SMILES string of the molecule is CCCC[C@@H](CC)CNC(=O)Cc1ccc(CC)cc1. The van der Waals surface area contributed by atoms with Crippen LogP contribution >= 0.6 is 0 Å². The van der Waals surface area contributed by atoms with Gasteiger partial charge in [-0.05, 0) is 29.9 Å². The van der Waals surface area contributed by atoms with E-state index in [0.717, 1.165) is 24.9 Å². The average molecular weight is 275 g/mol. The van der Waals surface area contributed by atoms with Gasteiger partial charge in [-0.25, -0.2) is 0 Å². The quantitative estimate of drug-likeness (QED) is 0.721. The molecule has 1 atom stereocenters. The normalized spacial score (nSPS) is 12.2. The molecule has 2 nitrogen and oxygen atoms in total. The second-order valence-corrected chi connectivity index (χ2v) is 5.57. The molecule has 1 rings (SSSR count).